The molecule has 15 heavy (non-hydrogen) atoms. The molecule has 0 heterocycles. The monoisotopic (exact) mass is 213 g/mol. The summed E-state index contributed by atoms with van der Waals surface area (Å²) in [6.45, 7) is 12.4. The molecule has 0 aromatic carbocycles. The average molecular weight is 213 g/mol. The summed E-state index contributed by atoms with van der Waals surface area (Å²) in [5.74, 6) is 0. The molecule has 0 unspecified atom stereocenters. The maximum atomic E-state index is 6.00. The lowest BCUT2D eigenvalue weighted by atomic mass is 9.65. The SMILES string of the molecule is CCC(CC)(CC)CC(CC)(CC)CN. The van der Waals surface area contributed by atoms with Gasteiger partial charge in [-0.25, -0.2) is 0 Å². The zero-order chi connectivity index (χ0) is 11.9. The smallest absolute Gasteiger partial charge is 0.00205 e. The third kappa shape index (κ3) is 3.48. The predicted molar refractivity (Wildman–Crippen MR) is 70.0 cm³/mol. The van der Waals surface area contributed by atoms with Gasteiger partial charge in [0.1, 0.15) is 0 Å². The molecule has 0 aromatic rings. The van der Waals surface area contributed by atoms with E-state index in [-0.39, 0.29) is 0 Å². The van der Waals surface area contributed by atoms with Crippen LogP contribution in [0.5, 0.6) is 0 Å². The van der Waals surface area contributed by atoms with Crippen LogP contribution in [-0.4, -0.2) is 6.54 Å². The van der Waals surface area contributed by atoms with Crippen molar-refractivity contribution in [1.82, 2.24) is 0 Å². The van der Waals surface area contributed by atoms with Crippen LogP contribution in [-0.2, 0) is 0 Å². The maximum absolute atomic E-state index is 6.00. The minimum Gasteiger partial charge on any atom is -0.330 e. The molecule has 0 aliphatic carbocycles. The van der Waals surface area contributed by atoms with E-state index in [4.69, 9.17) is 5.73 Å². The second-order valence-corrected chi connectivity index (χ2v) is 5.15. The van der Waals surface area contributed by atoms with Gasteiger partial charge in [0, 0.05) is 0 Å². The summed E-state index contributed by atoms with van der Waals surface area (Å²) in [5.41, 5.74) is 6.92. The highest BCUT2D eigenvalue weighted by Crippen LogP contribution is 2.44. The molecule has 0 fully saturated rings. The summed E-state index contributed by atoms with van der Waals surface area (Å²) in [7, 11) is 0. The van der Waals surface area contributed by atoms with Gasteiger partial charge in [0.05, 0.1) is 0 Å². The third-order valence-electron chi connectivity index (χ3n) is 4.93. The van der Waals surface area contributed by atoms with Gasteiger partial charge in [0.15, 0.2) is 0 Å². The van der Waals surface area contributed by atoms with Gasteiger partial charge in [-0.1, -0.05) is 53.9 Å². The molecule has 0 saturated heterocycles. The topological polar surface area (TPSA) is 26.0 Å². The van der Waals surface area contributed by atoms with E-state index in [1.165, 1.54) is 38.5 Å². The molecule has 2 N–H and O–H groups in total. The van der Waals surface area contributed by atoms with E-state index >= 15 is 0 Å². The Labute approximate surface area is 96.8 Å². The zero-order valence-corrected chi connectivity index (χ0v) is 11.5. The highest BCUT2D eigenvalue weighted by atomic mass is 14.6. The van der Waals surface area contributed by atoms with E-state index in [0.717, 1.165) is 6.54 Å². The fraction of sp³-hybridized carbons (Fsp3) is 1.00. The van der Waals surface area contributed by atoms with Crippen molar-refractivity contribution in [2.75, 3.05) is 6.54 Å². The van der Waals surface area contributed by atoms with Crippen molar-refractivity contribution < 1.29 is 0 Å². The Bertz CT molecular complexity index is 120. The first-order valence-corrected chi connectivity index (χ1v) is 6.77. The molecule has 0 radical (unpaired) electrons. The zero-order valence-electron chi connectivity index (χ0n) is 11.5. The standard InChI is InChI=1S/C14H31N/c1-6-13(7-2,8-3)11-14(9-4,10-5)12-15/h6-12,15H2,1-5H3. The average Bonchev–Trinajstić information content (AvgIpc) is 2.33. The Morgan fingerprint density at radius 3 is 1.20 bits per heavy atom. The first-order chi connectivity index (χ1) is 7.07. The Kier molecular flexibility index (Phi) is 6.51. The van der Waals surface area contributed by atoms with E-state index in [1.807, 2.05) is 0 Å². The fourth-order valence-corrected chi connectivity index (χ4v) is 2.78. The van der Waals surface area contributed by atoms with Crippen molar-refractivity contribution in [3.63, 3.8) is 0 Å². The third-order valence-corrected chi connectivity index (χ3v) is 4.93. The molecule has 0 aromatic heterocycles. The Balaban J connectivity index is 4.74. The van der Waals surface area contributed by atoms with Crippen LogP contribution in [0.1, 0.15) is 73.1 Å². The van der Waals surface area contributed by atoms with Gasteiger partial charge in [-0.2, -0.15) is 0 Å². The lowest BCUT2D eigenvalue weighted by Crippen LogP contribution is -2.36. The molecule has 92 valence electrons. The van der Waals surface area contributed by atoms with Crippen molar-refractivity contribution in [3.05, 3.63) is 0 Å². The van der Waals surface area contributed by atoms with Gasteiger partial charge in [-0.3, -0.25) is 0 Å². The molecule has 0 atom stereocenters. The second-order valence-electron chi connectivity index (χ2n) is 5.15. The summed E-state index contributed by atoms with van der Waals surface area (Å²) in [6, 6.07) is 0. The summed E-state index contributed by atoms with van der Waals surface area (Å²) in [5, 5.41) is 0. The molecule has 0 spiro atoms. The molecule has 0 aliphatic heterocycles. The lowest BCUT2D eigenvalue weighted by molar-refractivity contribution is 0.108. The first-order valence-electron chi connectivity index (χ1n) is 6.77. The summed E-state index contributed by atoms with van der Waals surface area (Å²) >= 11 is 0. The summed E-state index contributed by atoms with van der Waals surface area (Å²) in [6.07, 6.45) is 7.64. The van der Waals surface area contributed by atoms with Crippen molar-refractivity contribution >= 4 is 0 Å². The number of nitrogens with two attached hydrogens (primary N) is 1. The van der Waals surface area contributed by atoms with Crippen LogP contribution >= 0.6 is 0 Å². The Hall–Kier alpha value is -0.0400. The molecular weight excluding hydrogens is 182 g/mol. The maximum Gasteiger partial charge on any atom is -0.00205 e. The van der Waals surface area contributed by atoms with Gasteiger partial charge in [-0.15, -0.1) is 0 Å². The number of hydrogen-bond donors (Lipinski definition) is 1. The van der Waals surface area contributed by atoms with Gasteiger partial charge < -0.3 is 5.73 Å². The van der Waals surface area contributed by atoms with Crippen LogP contribution in [0.15, 0.2) is 0 Å². The van der Waals surface area contributed by atoms with E-state index in [1.54, 1.807) is 0 Å². The van der Waals surface area contributed by atoms with Gasteiger partial charge >= 0.3 is 0 Å². The molecular formula is C14H31N. The summed E-state index contributed by atoms with van der Waals surface area (Å²) in [4.78, 5) is 0. The molecule has 1 nitrogen and oxygen atoms in total. The quantitative estimate of drug-likeness (QED) is 0.637. The highest BCUT2D eigenvalue weighted by Gasteiger charge is 2.35. The van der Waals surface area contributed by atoms with Crippen molar-refractivity contribution in [3.8, 4) is 0 Å². The van der Waals surface area contributed by atoms with E-state index in [2.05, 4.69) is 34.6 Å². The largest absolute Gasteiger partial charge is 0.330 e. The molecule has 1 heteroatoms. The normalized spacial score (nSPS) is 13.2. The molecule has 0 bridgehead atoms. The van der Waals surface area contributed by atoms with Crippen LogP contribution in [0.3, 0.4) is 0 Å². The van der Waals surface area contributed by atoms with E-state index in [9.17, 15) is 0 Å². The Morgan fingerprint density at radius 1 is 0.667 bits per heavy atom. The minimum atomic E-state index is 0.391. The van der Waals surface area contributed by atoms with Crippen LogP contribution in [0.4, 0.5) is 0 Å². The van der Waals surface area contributed by atoms with E-state index < -0.39 is 0 Å². The van der Waals surface area contributed by atoms with Crippen LogP contribution in [0.2, 0.25) is 0 Å². The summed E-state index contributed by atoms with van der Waals surface area (Å²) < 4.78 is 0. The van der Waals surface area contributed by atoms with Gasteiger partial charge in [0.2, 0.25) is 0 Å². The van der Waals surface area contributed by atoms with Gasteiger partial charge in [0.25, 0.3) is 0 Å². The fourth-order valence-electron chi connectivity index (χ4n) is 2.78. The van der Waals surface area contributed by atoms with E-state index in [0.29, 0.717) is 10.8 Å². The van der Waals surface area contributed by atoms with Crippen molar-refractivity contribution in [1.29, 1.82) is 0 Å². The second kappa shape index (κ2) is 6.52. The van der Waals surface area contributed by atoms with Crippen LogP contribution < -0.4 is 5.73 Å². The Morgan fingerprint density at radius 2 is 1.00 bits per heavy atom. The molecule has 0 rings (SSSR count). The minimum absolute atomic E-state index is 0.391. The van der Waals surface area contributed by atoms with Gasteiger partial charge in [-0.05, 0) is 36.6 Å². The van der Waals surface area contributed by atoms with Crippen molar-refractivity contribution in [2.45, 2.75) is 73.1 Å². The lowest BCUT2D eigenvalue weighted by Gasteiger charge is -2.41. The highest BCUT2D eigenvalue weighted by molar-refractivity contribution is 4.87. The molecule has 0 saturated carbocycles. The molecule has 0 amide bonds. The first kappa shape index (κ1) is 15.0. The van der Waals surface area contributed by atoms with Crippen molar-refractivity contribution in [2.24, 2.45) is 16.6 Å². The van der Waals surface area contributed by atoms with Crippen LogP contribution in [0, 0.1) is 10.8 Å². The number of hydrogen-bond acceptors (Lipinski definition) is 1. The predicted octanol–water partition coefficient (Wildman–Crippen LogP) is 4.36. The van der Waals surface area contributed by atoms with Crippen LogP contribution in [0.25, 0.3) is 0 Å². The number of rotatable bonds is 8. The molecule has 0 aliphatic rings.